The normalized spacial score (nSPS) is 14.6. The summed E-state index contributed by atoms with van der Waals surface area (Å²) in [7, 11) is 0. The maximum absolute atomic E-state index is 14.3. The summed E-state index contributed by atoms with van der Waals surface area (Å²) in [6, 6.07) is 75.2. The van der Waals surface area contributed by atoms with Gasteiger partial charge in [-0.25, -0.2) is 79.1 Å². The Balaban J connectivity index is 0.000000151. The number of fused-ring (bicyclic) bond motifs is 12. The van der Waals surface area contributed by atoms with E-state index < -0.39 is 46.6 Å². The monoisotopic (exact) mass is 1810 g/mol. The van der Waals surface area contributed by atoms with Gasteiger partial charge in [0.1, 0.15) is 47.2 Å². The molecular weight excluding hydrogens is 1770 g/mol. The second-order valence-electron chi connectivity index (χ2n) is 30.8. The number of rotatable bonds is 7. The van der Waals surface area contributed by atoms with E-state index in [0.29, 0.717) is 156 Å². The van der Waals surface area contributed by atoms with Crippen molar-refractivity contribution in [1.82, 2.24) is 0 Å². The molecule has 12 aromatic rings. The molecule has 642 valence electrons. The first kappa shape index (κ1) is 90.7. The van der Waals surface area contributed by atoms with Crippen LogP contribution in [0.1, 0.15) is 106 Å². The van der Waals surface area contributed by atoms with Crippen molar-refractivity contribution >= 4 is 78.3 Å². The molecule has 6 aliphatic carbocycles. The number of benzene rings is 12. The summed E-state index contributed by atoms with van der Waals surface area (Å²) in [5, 5.41) is 100. The van der Waals surface area contributed by atoms with Gasteiger partial charge in [0.2, 0.25) is 0 Å². The van der Waals surface area contributed by atoms with Crippen molar-refractivity contribution in [3.63, 3.8) is 0 Å². The summed E-state index contributed by atoms with van der Waals surface area (Å²) < 4.78 is 115. The van der Waals surface area contributed by atoms with E-state index >= 15 is 0 Å². The molecule has 6 aliphatic rings. The molecule has 0 saturated heterocycles. The van der Waals surface area contributed by atoms with Crippen molar-refractivity contribution in [2.75, 3.05) is 0 Å². The second kappa shape index (κ2) is 36.0. The van der Waals surface area contributed by atoms with Gasteiger partial charge < -0.3 is 4.74 Å². The number of para-hydroxylation sites is 2. The quantitative estimate of drug-likeness (QED) is 0.0821. The van der Waals surface area contributed by atoms with Crippen LogP contribution in [-0.2, 0) is 6.18 Å². The molecule has 12 aromatic carbocycles. The summed E-state index contributed by atoms with van der Waals surface area (Å²) in [6.45, 7) is 66.7. The number of alkyl halides is 6. The van der Waals surface area contributed by atoms with Crippen LogP contribution in [0.4, 0.5) is 46.5 Å². The Labute approximate surface area is 787 Å². The van der Waals surface area contributed by atoms with Gasteiger partial charge in [-0.2, -0.15) is 34.2 Å². The average Bonchev–Trinajstić information content (AvgIpc) is 1.55. The van der Waals surface area contributed by atoms with Crippen LogP contribution in [0.5, 0.6) is 5.75 Å². The lowest BCUT2D eigenvalue weighted by molar-refractivity contribution is -0.274. The van der Waals surface area contributed by atoms with Crippen molar-refractivity contribution < 1.29 is 39.9 Å². The number of allylic oxidation sites excluding steroid dienone is 18. The molecule has 0 radical (unpaired) electrons. The van der Waals surface area contributed by atoms with Gasteiger partial charge in [-0.3, -0.25) is 0 Å². The van der Waals surface area contributed by atoms with Crippen molar-refractivity contribution in [2.24, 2.45) is 0 Å². The molecule has 27 heteroatoms. The Morgan fingerprint density at radius 3 is 0.791 bits per heavy atom. The van der Waals surface area contributed by atoms with Gasteiger partial charge in [0.15, 0.2) is 11.4 Å². The van der Waals surface area contributed by atoms with Gasteiger partial charge in [-0.1, -0.05) is 182 Å². The molecule has 0 heterocycles. The zero-order chi connectivity index (χ0) is 99.1. The predicted octanol–water partition coefficient (Wildman–Crippen LogP) is 28.2. The van der Waals surface area contributed by atoms with Crippen LogP contribution in [0, 0.1) is 191 Å². The number of ether oxygens (including phenoxy) is 1. The SMILES string of the molecule is [C-]#[N+]/C(C#N)=C1C2=C(/C(=C(\C#N)[N+]#[C-])c3cccc(-c4cccc(C)c4[N+]#[C-])c32)c2c\1cccc2-c1cccc(C(F)(F)F)c1C#N.[C-]#[N+]/C(C#N)=C1C2=C(/C(=C(\C#N)[N+]#[C-])c3cccc(-c4cccc(C)c4[N+]#[C-])c32)c2c\1cccc2-c1cccc(OC(F)(F)F)c1C#N.[C-]#[N+]\C(C#N)=C1/C2=C(\C(=C(/C#N)[N+]#[C-])c3cccc(-c4ccc(F)c(C#N)c4)c32)c2c1cccc2-c1ccc(F)c(C#N)c1. The summed E-state index contributed by atoms with van der Waals surface area (Å²) in [4.78, 5) is 28.6. The third kappa shape index (κ3) is 14.6. The Morgan fingerprint density at radius 1 is 0.281 bits per heavy atom. The molecular formula is C112H42F8N18O. The summed E-state index contributed by atoms with van der Waals surface area (Å²) in [5.41, 5.74) is 11.2. The van der Waals surface area contributed by atoms with Crippen molar-refractivity contribution in [2.45, 2.75) is 26.4 Å². The summed E-state index contributed by atoms with van der Waals surface area (Å²) in [6.07, 6.45) is -9.91. The first-order valence-corrected chi connectivity index (χ1v) is 40.7. The van der Waals surface area contributed by atoms with Gasteiger partial charge >= 0.3 is 12.5 Å². The van der Waals surface area contributed by atoms with Crippen molar-refractivity contribution in [3.8, 4) is 133 Å². The van der Waals surface area contributed by atoms with Crippen LogP contribution < -0.4 is 4.74 Å². The lowest BCUT2D eigenvalue weighted by atomic mass is 9.84. The molecule has 0 aliphatic heterocycles. The maximum atomic E-state index is 14.3. The highest BCUT2D eigenvalue weighted by atomic mass is 19.4. The molecule has 0 unspecified atom stereocenters. The molecule has 0 bridgehead atoms. The van der Waals surface area contributed by atoms with Gasteiger partial charge in [0, 0.05) is 44.6 Å². The Bertz CT molecular complexity index is 8710. The molecule has 0 fully saturated rings. The topological polar surface area (TPSA) is 282 Å². The predicted molar refractivity (Wildman–Crippen MR) is 499 cm³/mol. The Hall–Kier alpha value is -21.6. The molecule has 0 saturated carbocycles. The molecule has 0 aromatic heterocycles. The van der Waals surface area contributed by atoms with E-state index in [1.165, 1.54) is 66.7 Å². The van der Waals surface area contributed by atoms with E-state index in [1.807, 2.05) is 54.6 Å². The van der Waals surface area contributed by atoms with E-state index in [1.54, 1.807) is 159 Å². The van der Waals surface area contributed by atoms with Crippen molar-refractivity contribution in [3.05, 3.63) is 461 Å². The highest BCUT2D eigenvalue weighted by molar-refractivity contribution is 6.43. The second-order valence-corrected chi connectivity index (χ2v) is 30.8. The molecule has 18 rings (SSSR count). The number of nitriles is 10. The smallest absolute Gasteiger partial charge is 0.404 e. The van der Waals surface area contributed by atoms with E-state index in [0.717, 1.165) is 12.1 Å². The largest absolute Gasteiger partial charge is 0.573 e. The molecule has 0 spiro atoms. The molecule has 19 nitrogen and oxygen atoms in total. The summed E-state index contributed by atoms with van der Waals surface area (Å²) in [5.74, 6) is -2.11. The molecule has 139 heavy (non-hydrogen) atoms. The zero-order valence-corrected chi connectivity index (χ0v) is 71.3. The third-order valence-electron chi connectivity index (χ3n) is 24.0. The van der Waals surface area contributed by atoms with E-state index in [9.17, 15) is 87.7 Å². The molecule has 0 atom stereocenters. The van der Waals surface area contributed by atoms with Crippen LogP contribution in [-0.4, -0.2) is 6.36 Å². The average molecular weight is 1810 g/mol. The number of halogens is 8. The minimum absolute atomic E-state index is 0.0422. The summed E-state index contributed by atoms with van der Waals surface area (Å²) >= 11 is 0. The van der Waals surface area contributed by atoms with Crippen LogP contribution in [0.25, 0.3) is 172 Å². The van der Waals surface area contributed by atoms with Gasteiger partial charge in [0.25, 0.3) is 34.2 Å². The Kier molecular flexibility index (Phi) is 23.5. The first-order valence-electron chi connectivity index (χ1n) is 40.7. The van der Waals surface area contributed by atoms with Crippen LogP contribution in [0.2, 0.25) is 0 Å². The maximum Gasteiger partial charge on any atom is 0.573 e. The highest BCUT2D eigenvalue weighted by Crippen LogP contribution is 2.67. The minimum atomic E-state index is -5.08. The fourth-order valence-corrected chi connectivity index (χ4v) is 18.7. The minimum Gasteiger partial charge on any atom is -0.404 e. The fraction of sp³-hybridized carbons (Fsp3) is 0.0357. The van der Waals surface area contributed by atoms with Crippen LogP contribution in [0.3, 0.4) is 0 Å². The van der Waals surface area contributed by atoms with Gasteiger partial charge in [0.05, 0.1) is 111 Å². The highest BCUT2D eigenvalue weighted by Gasteiger charge is 2.48. The van der Waals surface area contributed by atoms with Crippen molar-refractivity contribution in [1.29, 1.82) is 52.6 Å². The van der Waals surface area contributed by atoms with Gasteiger partial charge in [-0.05, 0) is 217 Å². The lowest BCUT2D eigenvalue weighted by Gasteiger charge is -2.19. The fourth-order valence-electron chi connectivity index (χ4n) is 18.7. The lowest BCUT2D eigenvalue weighted by Crippen LogP contribution is -2.18. The van der Waals surface area contributed by atoms with E-state index in [2.05, 4.69) is 43.5 Å². The number of hydrogen-bond acceptors (Lipinski definition) is 11. The zero-order valence-electron chi connectivity index (χ0n) is 71.3. The standard InChI is InChI=1S/C38H15F3N6O.C38H15F3N6.C36H12F2N6/c1-20-9-5-13-24(37(20)47-4)23-12-7-15-26-32(23)36-33(28(18-43)45-2)25-14-6-11-22(31(25)35(36)34(26)29(19-44)46-3)21-10-8-16-30(27(21)17-42)48-38(39,40)41;1-20-9-5-13-24(37(20)47-4)23-12-7-15-26-32(23)36-33(29(18-43)45-2)25-14-6-11-22(31(25)35(36)34(26)30(19-44)46-3)21-10-8-16-28(27(21)17-42)38(39,40)41;1-43-29(17-41)33-25-7-3-5-23(19-9-11-27(37)21(13-19)15-39)31(25)36-34(30(18-42)44-2)26-8-4-6-24(32(26)35(33)36)20-10-12-28(38)22(14-20)16-40/h5-16H,1H3;5-16H,1H3;3-14H/b33-28-,34-29+;2*33-29-,34-30+. The molecule has 0 amide bonds. The number of aryl methyl sites for hydroxylation is 2. The van der Waals surface area contributed by atoms with Crippen LogP contribution in [0.15, 0.2) is 253 Å². The first-order chi connectivity index (χ1) is 67.2. The van der Waals surface area contributed by atoms with E-state index in [4.69, 9.17) is 52.6 Å². The third-order valence-corrected chi connectivity index (χ3v) is 24.0. The Morgan fingerprint density at radius 2 is 0.525 bits per heavy atom. The molecule has 0 N–H and O–H groups in total. The van der Waals surface area contributed by atoms with E-state index in [-0.39, 0.29) is 112 Å². The van der Waals surface area contributed by atoms with Gasteiger partial charge in [-0.15, -0.1) is 13.2 Å². The number of hydrogen-bond donors (Lipinski definition) is 0. The van der Waals surface area contributed by atoms with Crippen LogP contribution >= 0.6 is 0 Å². The number of nitrogens with zero attached hydrogens (tertiary/aromatic N) is 18.